The predicted octanol–water partition coefficient (Wildman–Crippen LogP) is 2.23. The average molecular weight is 257 g/mol. The molecule has 0 saturated carbocycles. The first kappa shape index (κ1) is 14.2. The Hall–Kier alpha value is -0.910. The number of ether oxygens (including phenoxy) is 1. The molecule has 1 N–H and O–H groups in total. The second-order valence-electron chi connectivity index (χ2n) is 3.80. The van der Waals surface area contributed by atoms with Gasteiger partial charge in [-0.1, -0.05) is 13.0 Å². The summed E-state index contributed by atoms with van der Waals surface area (Å²) in [7, 11) is 1.63. The van der Waals surface area contributed by atoms with Gasteiger partial charge in [-0.25, -0.2) is 0 Å². The molecule has 1 aromatic heterocycles. The zero-order chi connectivity index (χ0) is 12.7. The summed E-state index contributed by atoms with van der Waals surface area (Å²) in [6, 6.07) is 4.22. The van der Waals surface area contributed by atoms with Gasteiger partial charge in [0.2, 0.25) is 0 Å². The summed E-state index contributed by atoms with van der Waals surface area (Å²) in [6.07, 6.45) is 0.900. The van der Waals surface area contributed by atoms with Crippen LogP contribution in [0, 0.1) is 0 Å². The number of methoxy groups -OCH3 is 1. The summed E-state index contributed by atoms with van der Waals surface area (Å²) in [5.74, 6) is -0.795. The van der Waals surface area contributed by atoms with Gasteiger partial charge in [-0.05, 0) is 17.9 Å². The first-order valence-electron chi connectivity index (χ1n) is 5.67. The van der Waals surface area contributed by atoms with Crippen LogP contribution in [0.15, 0.2) is 17.5 Å². The topological polar surface area (TPSA) is 49.8 Å². The van der Waals surface area contributed by atoms with Crippen molar-refractivity contribution < 1.29 is 14.6 Å². The normalized spacial score (nSPS) is 12.9. The van der Waals surface area contributed by atoms with Crippen LogP contribution in [0.5, 0.6) is 0 Å². The highest BCUT2D eigenvalue weighted by molar-refractivity contribution is 7.10. The molecule has 1 aromatic rings. The van der Waals surface area contributed by atoms with Crippen LogP contribution < -0.4 is 0 Å². The number of hydrogen-bond acceptors (Lipinski definition) is 4. The molecule has 1 atom stereocenters. The molecule has 5 heteroatoms. The fraction of sp³-hybridized carbons (Fsp3) is 0.583. The van der Waals surface area contributed by atoms with Crippen LogP contribution in [0.3, 0.4) is 0 Å². The van der Waals surface area contributed by atoms with E-state index in [0.717, 1.165) is 6.42 Å². The molecule has 1 unspecified atom stereocenters. The maximum Gasteiger partial charge on any atom is 0.317 e. The van der Waals surface area contributed by atoms with Crippen molar-refractivity contribution in [3.63, 3.8) is 0 Å². The number of nitrogens with zero attached hydrogens (tertiary/aromatic N) is 1. The number of carboxylic acids is 1. The van der Waals surface area contributed by atoms with Crippen molar-refractivity contribution in [3.8, 4) is 0 Å². The highest BCUT2D eigenvalue weighted by Crippen LogP contribution is 2.27. The summed E-state index contributed by atoms with van der Waals surface area (Å²) in [5.41, 5.74) is 0. The number of hydrogen-bond donors (Lipinski definition) is 1. The lowest BCUT2D eigenvalue weighted by Crippen LogP contribution is -2.35. The molecular formula is C12H19NO3S. The fourth-order valence-corrected chi connectivity index (χ4v) is 2.79. The van der Waals surface area contributed by atoms with Crippen molar-refractivity contribution in [1.82, 2.24) is 4.90 Å². The van der Waals surface area contributed by atoms with E-state index in [4.69, 9.17) is 9.84 Å². The zero-order valence-electron chi connectivity index (χ0n) is 10.3. The Morgan fingerprint density at radius 3 is 2.88 bits per heavy atom. The largest absolute Gasteiger partial charge is 0.480 e. The molecule has 0 aliphatic heterocycles. The monoisotopic (exact) mass is 257 g/mol. The van der Waals surface area contributed by atoms with Crippen molar-refractivity contribution in [1.29, 1.82) is 0 Å². The fourth-order valence-electron chi connectivity index (χ4n) is 1.85. The summed E-state index contributed by atoms with van der Waals surface area (Å²) in [5, 5.41) is 11.0. The van der Waals surface area contributed by atoms with E-state index in [2.05, 4.69) is 13.0 Å². The van der Waals surface area contributed by atoms with Crippen molar-refractivity contribution in [2.45, 2.75) is 19.4 Å². The number of aliphatic carboxylic acids is 1. The number of carbonyl (C=O) groups is 1. The van der Waals surface area contributed by atoms with Gasteiger partial charge < -0.3 is 9.84 Å². The SMILES string of the molecule is CCC(c1cccs1)N(CCOC)CC(=O)O. The minimum Gasteiger partial charge on any atom is -0.480 e. The van der Waals surface area contributed by atoms with E-state index in [9.17, 15) is 4.79 Å². The Kier molecular flexibility index (Phi) is 6.18. The van der Waals surface area contributed by atoms with Gasteiger partial charge in [-0.15, -0.1) is 11.3 Å². The lowest BCUT2D eigenvalue weighted by atomic mass is 10.1. The van der Waals surface area contributed by atoms with Crippen molar-refractivity contribution in [2.24, 2.45) is 0 Å². The first-order valence-corrected chi connectivity index (χ1v) is 6.55. The second-order valence-corrected chi connectivity index (χ2v) is 4.78. The summed E-state index contributed by atoms with van der Waals surface area (Å²) in [4.78, 5) is 14.1. The minimum atomic E-state index is -0.795. The van der Waals surface area contributed by atoms with E-state index in [1.807, 2.05) is 16.3 Å². The number of rotatable bonds is 8. The van der Waals surface area contributed by atoms with Crippen LogP contribution in [-0.4, -0.2) is 42.8 Å². The molecule has 0 bridgehead atoms. The van der Waals surface area contributed by atoms with E-state index in [1.165, 1.54) is 4.88 Å². The van der Waals surface area contributed by atoms with Crippen LogP contribution in [-0.2, 0) is 9.53 Å². The van der Waals surface area contributed by atoms with Gasteiger partial charge in [-0.2, -0.15) is 0 Å². The highest BCUT2D eigenvalue weighted by Gasteiger charge is 2.21. The Morgan fingerprint density at radius 1 is 1.65 bits per heavy atom. The third kappa shape index (κ3) is 4.46. The Bertz CT molecular complexity index is 327. The van der Waals surface area contributed by atoms with Crippen LogP contribution in [0.4, 0.5) is 0 Å². The molecule has 1 rings (SSSR count). The molecule has 4 nitrogen and oxygen atoms in total. The molecular weight excluding hydrogens is 238 g/mol. The van der Waals surface area contributed by atoms with E-state index in [-0.39, 0.29) is 12.6 Å². The minimum absolute atomic E-state index is 0.0553. The van der Waals surface area contributed by atoms with Crippen molar-refractivity contribution in [2.75, 3.05) is 26.8 Å². The van der Waals surface area contributed by atoms with Gasteiger partial charge in [-0.3, -0.25) is 9.69 Å². The van der Waals surface area contributed by atoms with Gasteiger partial charge in [0.25, 0.3) is 0 Å². The summed E-state index contributed by atoms with van der Waals surface area (Å²) in [6.45, 7) is 3.32. The molecule has 0 fully saturated rings. The van der Waals surface area contributed by atoms with E-state index in [0.29, 0.717) is 13.2 Å². The Labute approximate surface area is 106 Å². The van der Waals surface area contributed by atoms with Gasteiger partial charge in [0.1, 0.15) is 0 Å². The lowest BCUT2D eigenvalue weighted by Gasteiger charge is -2.28. The van der Waals surface area contributed by atoms with Gasteiger partial charge in [0.05, 0.1) is 13.2 Å². The van der Waals surface area contributed by atoms with Gasteiger partial charge in [0, 0.05) is 24.6 Å². The Morgan fingerprint density at radius 2 is 2.41 bits per heavy atom. The lowest BCUT2D eigenvalue weighted by molar-refractivity contribution is -0.139. The molecule has 17 heavy (non-hydrogen) atoms. The Balaban J connectivity index is 2.74. The summed E-state index contributed by atoms with van der Waals surface area (Å²) >= 11 is 1.67. The van der Waals surface area contributed by atoms with Gasteiger partial charge in [0.15, 0.2) is 0 Å². The molecule has 0 amide bonds. The van der Waals surface area contributed by atoms with Crippen molar-refractivity contribution in [3.05, 3.63) is 22.4 Å². The van der Waals surface area contributed by atoms with Crippen molar-refractivity contribution >= 4 is 17.3 Å². The molecule has 0 radical (unpaired) electrons. The smallest absolute Gasteiger partial charge is 0.317 e. The molecule has 0 aromatic carbocycles. The standard InChI is InChI=1S/C12H19NO3S/c1-3-10(11-5-4-8-17-11)13(6-7-16-2)9-12(14)15/h4-5,8,10H,3,6-7,9H2,1-2H3,(H,14,15). The van der Waals surface area contributed by atoms with Crippen LogP contribution in [0.1, 0.15) is 24.3 Å². The van der Waals surface area contributed by atoms with Gasteiger partial charge >= 0.3 is 5.97 Å². The number of carboxylic acid groups (broad SMARTS) is 1. The predicted molar refractivity (Wildman–Crippen MR) is 68.4 cm³/mol. The second kappa shape index (κ2) is 7.42. The third-order valence-corrected chi connectivity index (χ3v) is 3.59. The van der Waals surface area contributed by atoms with E-state index in [1.54, 1.807) is 18.4 Å². The maximum absolute atomic E-state index is 10.9. The molecule has 0 aliphatic rings. The first-order chi connectivity index (χ1) is 8.19. The third-order valence-electron chi connectivity index (χ3n) is 2.62. The van der Waals surface area contributed by atoms with Crippen LogP contribution in [0.25, 0.3) is 0 Å². The van der Waals surface area contributed by atoms with E-state index >= 15 is 0 Å². The number of thiophene rings is 1. The van der Waals surface area contributed by atoms with Crippen LogP contribution in [0.2, 0.25) is 0 Å². The molecule has 96 valence electrons. The molecule has 0 spiro atoms. The zero-order valence-corrected chi connectivity index (χ0v) is 11.1. The molecule has 0 saturated heterocycles. The molecule has 1 heterocycles. The average Bonchev–Trinajstić information content (AvgIpc) is 2.79. The van der Waals surface area contributed by atoms with Crippen LogP contribution >= 0.6 is 11.3 Å². The maximum atomic E-state index is 10.9. The summed E-state index contributed by atoms with van der Waals surface area (Å²) < 4.78 is 5.03. The highest BCUT2D eigenvalue weighted by atomic mass is 32.1. The quantitative estimate of drug-likeness (QED) is 0.776. The molecule has 0 aliphatic carbocycles. The van der Waals surface area contributed by atoms with E-state index < -0.39 is 5.97 Å².